The summed E-state index contributed by atoms with van der Waals surface area (Å²) in [5, 5.41) is 0. The topological polar surface area (TPSA) is 69.9 Å². The van der Waals surface area contributed by atoms with Crippen LogP contribution in [0.1, 0.15) is 47.7 Å². The number of ether oxygens (including phenoxy) is 2. The Balaban J connectivity index is 1.92. The first-order chi connectivity index (χ1) is 14.9. The Morgan fingerprint density at radius 1 is 1.10 bits per heavy atom. The number of aryl methyl sites for hydroxylation is 2. The van der Waals surface area contributed by atoms with Crippen LogP contribution in [0.5, 0.6) is 5.75 Å². The van der Waals surface area contributed by atoms with Crippen LogP contribution in [0.15, 0.2) is 41.4 Å². The van der Waals surface area contributed by atoms with Gasteiger partial charge in [-0.15, -0.1) is 0 Å². The van der Waals surface area contributed by atoms with Crippen LogP contribution in [0.4, 0.5) is 0 Å². The molecule has 1 amide bonds. The van der Waals surface area contributed by atoms with Gasteiger partial charge >= 0.3 is 5.97 Å². The summed E-state index contributed by atoms with van der Waals surface area (Å²) in [5.74, 6) is -0.0170. The Kier molecular flexibility index (Phi) is 7.63. The molecule has 2 aromatic carbocycles. The average molecular weight is 441 g/mol. The lowest BCUT2D eigenvalue weighted by molar-refractivity contribution is -0.141. The van der Waals surface area contributed by atoms with E-state index in [-0.39, 0.29) is 12.5 Å². The Morgan fingerprint density at radius 3 is 2.52 bits per heavy atom. The molecule has 0 saturated heterocycles. The molecule has 0 unspecified atom stereocenters. The zero-order valence-electron chi connectivity index (χ0n) is 18.4. The molecule has 0 bridgehead atoms. The highest BCUT2D eigenvalue weighted by atomic mass is 32.1. The van der Waals surface area contributed by atoms with E-state index in [2.05, 4.69) is 11.9 Å². The fraction of sp³-hybridized carbons (Fsp3) is 0.375. The van der Waals surface area contributed by atoms with E-state index in [1.165, 1.54) is 18.4 Å². The third-order valence-corrected chi connectivity index (χ3v) is 5.97. The van der Waals surface area contributed by atoms with Gasteiger partial charge in [-0.1, -0.05) is 37.2 Å². The molecule has 1 aromatic heterocycles. The highest BCUT2D eigenvalue weighted by Gasteiger charge is 2.14. The van der Waals surface area contributed by atoms with Crippen molar-refractivity contribution in [2.24, 2.45) is 4.99 Å². The van der Waals surface area contributed by atoms with Crippen LogP contribution in [0.2, 0.25) is 0 Å². The number of esters is 1. The smallest absolute Gasteiger partial charge is 0.325 e. The maximum absolute atomic E-state index is 12.8. The summed E-state index contributed by atoms with van der Waals surface area (Å²) < 4.78 is 13.3. The van der Waals surface area contributed by atoms with E-state index in [1.807, 2.05) is 26.0 Å². The number of carbonyl (C=O) groups excluding carboxylic acids is 2. The number of rotatable bonds is 8. The van der Waals surface area contributed by atoms with Crippen molar-refractivity contribution in [1.82, 2.24) is 4.57 Å². The number of carbonyl (C=O) groups is 2. The predicted octanol–water partition coefficient (Wildman–Crippen LogP) is 4.80. The van der Waals surface area contributed by atoms with Crippen LogP contribution in [-0.4, -0.2) is 30.2 Å². The highest BCUT2D eigenvalue weighted by Crippen LogP contribution is 2.23. The van der Waals surface area contributed by atoms with Gasteiger partial charge in [-0.3, -0.25) is 9.59 Å². The minimum Gasteiger partial charge on any atom is -0.494 e. The average Bonchev–Trinajstić information content (AvgIpc) is 3.08. The first-order valence-electron chi connectivity index (χ1n) is 10.4. The van der Waals surface area contributed by atoms with Gasteiger partial charge in [0.2, 0.25) is 0 Å². The summed E-state index contributed by atoms with van der Waals surface area (Å²) in [6.07, 6.45) is 3.29. The van der Waals surface area contributed by atoms with Crippen molar-refractivity contribution in [3.8, 4) is 5.75 Å². The van der Waals surface area contributed by atoms with Gasteiger partial charge in [0.05, 0.1) is 23.9 Å². The van der Waals surface area contributed by atoms with Gasteiger partial charge in [-0.05, 0) is 61.7 Å². The summed E-state index contributed by atoms with van der Waals surface area (Å²) in [7, 11) is 1.35. The molecule has 0 aliphatic rings. The molecule has 0 radical (unpaired) electrons. The van der Waals surface area contributed by atoms with E-state index in [0.717, 1.165) is 46.4 Å². The lowest BCUT2D eigenvalue weighted by Crippen LogP contribution is -2.22. The fourth-order valence-corrected chi connectivity index (χ4v) is 4.61. The summed E-state index contributed by atoms with van der Waals surface area (Å²) in [6.45, 7) is 6.82. The molecule has 1 heterocycles. The van der Waals surface area contributed by atoms with E-state index in [9.17, 15) is 9.59 Å². The van der Waals surface area contributed by atoms with Gasteiger partial charge in [-0.2, -0.15) is 4.99 Å². The lowest BCUT2D eigenvalue weighted by Gasteiger charge is -2.07. The molecule has 3 aromatic rings. The fourth-order valence-electron chi connectivity index (χ4n) is 3.40. The minimum atomic E-state index is -0.391. The number of benzene rings is 2. The second kappa shape index (κ2) is 10.4. The van der Waals surface area contributed by atoms with Gasteiger partial charge in [0.1, 0.15) is 12.3 Å². The number of methoxy groups -OCH3 is 1. The second-order valence-electron chi connectivity index (χ2n) is 7.47. The van der Waals surface area contributed by atoms with Crippen LogP contribution >= 0.6 is 11.3 Å². The Morgan fingerprint density at radius 2 is 1.84 bits per heavy atom. The zero-order valence-corrected chi connectivity index (χ0v) is 19.3. The van der Waals surface area contributed by atoms with Crippen LogP contribution in [0.3, 0.4) is 0 Å². The van der Waals surface area contributed by atoms with Gasteiger partial charge in [0, 0.05) is 5.56 Å². The van der Waals surface area contributed by atoms with E-state index in [1.54, 1.807) is 28.8 Å². The van der Waals surface area contributed by atoms with Crippen molar-refractivity contribution in [2.75, 3.05) is 13.7 Å². The van der Waals surface area contributed by atoms with Crippen molar-refractivity contribution in [2.45, 2.75) is 46.6 Å². The molecule has 0 N–H and O–H groups in total. The lowest BCUT2D eigenvalue weighted by atomic mass is 10.1. The molecule has 0 aliphatic heterocycles. The third-order valence-electron chi connectivity index (χ3n) is 4.94. The maximum atomic E-state index is 12.8. The van der Waals surface area contributed by atoms with E-state index < -0.39 is 5.97 Å². The number of fused-ring (bicyclic) bond motifs is 1. The summed E-state index contributed by atoms with van der Waals surface area (Å²) in [4.78, 5) is 29.6. The maximum Gasteiger partial charge on any atom is 0.325 e. The van der Waals surface area contributed by atoms with Crippen molar-refractivity contribution in [3.05, 3.63) is 57.9 Å². The second-order valence-corrected chi connectivity index (χ2v) is 8.48. The molecule has 0 fully saturated rings. The SMILES string of the molecule is CCCCCOc1ccc(C(=O)N=c2sc3cc(C)cc(C)c3n2CC(=O)OC)cc1. The number of aromatic nitrogens is 1. The summed E-state index contributed by atoms with van der Waals surface area (Å²) >= 11 is 1.39. The van der Waals surface area contributed by atoms with Crippen molar-refractivity contribution in [1.29, 1.82) is 0 Å². The van der Waals surface area contributed by atoms with E-state index >= 15 is 0 Å². The largest absolute Gasteiger partial charge is 0.494 e. The Hall–Kier alpha value is -2.93. The van der Waals surface area contributed by atoms with Gasteiger partial charge in [0.15, 0.2) is 4.80 Å². The van der Waals surface area contributed by atoms with Gasteiger partial charge in [-0.25, -0.2) is 0 Å². The normalized spacial score (nSPS) is 11.7. The Labute approximate surface area is 186 Å². The zero-order chi connectivity index (χ0) is 22.4. The number of hydrogen-bond acceptors (Lipinski definition) is 5. The number of amides is 1. The molecular weight excluding hydrogens is 412 g/mol. The number of hydrogen-bond donors (Lipinski definition) is 0. The number of nitrogens with zero attached hydrogens (tertiary/aromatic N) is 2. The van der Waals surface area contributed by atoms with Gasteiger partial charge < -0.3 is 14.0 Å². The molecule has 0 aliphatic carbocycles. The van der Waals surface area contributed by atoms with Gasteiger partial charge in [0.25, 0.3) is 5.91 Å². The Bertz CT molecular complexity index is 1140. The molecule has 6 nitrogen and oxygen atoms in total. The molecule has 3 rings (SSSR count). The first-order valence-corrected chi connectivity index (χ1v) is 11.2. The van der Waals surface area contributed by atoms with E-state index in [0.29, 0.717) is 17.0 Å². The predicted molar refractivity (Wildman–Crippen MR) is 123 cm³/mol. The molecular formula is C24H28N2O4S. The molecule has 0 spiro atoms. The molecule has 0 saturated carbocycles. The quantitative estimate of drug-likeness (QED) is 0.373. The van der Waals surface area contributed by atoms with Crippen LogP contribution in [0, 0.1) is 13.8 Å². The standard InChI is InChI=1S/C24H28N2O4S/c1-5-6-7-12-30-19-10-8-18(9-11-19)23(28)25-24-26(15-21(27)29-4)22-17(3)13-16(2)14-20(22)31-24/h8-11,13-14H,5-7,12,15H2,1-4H3. The van der Waals surface area contributed by atoms with Crippen LogP contribution < -0.4 is 9.54 Å². The number of unbranched alkanes of at least 4 members (excludes halogenated alkanes) is 2. The van der Waals surface area contributed by atoms with Crippen LogP contribution in [-0.2, 0) is 16.1 Å². The molecule has 0 atom stereocenters. The highest BCUT2D eigenvalue weighted by molar-refractivity contribution is 7.16. The van der Waals surface area contributed by atoms with Crippen LogP contribution in [0.25, 0.3) is 10.2 Å². The van der Waals surface area contributed by atoms with Crippen molar-refractivity contribution >= 4 is 33.4 Å². The molecule has 7 heteroatoms. The minimum absolute atomic E-state index is 0.00292. The molecule has 31 heavy (non-hydrogen) atoms. The van der Waals surface area contributed by atoms with E-state index in [4.69, 9.17) is 9.47 Å². The first kappa shape index (κ1) is 22.7. The summed E-state index contributed by atoms with van der Waals surface area (Å²) in [5.41, 5.74) is 3.50. The monoisotopic (exact) mass is 440 g/mol. The third kappa shape index (κ3) is 5.61. The molecule has 164 valence electrons. The van der Waals surface area contributed by atoms with Crippen molar-refractivity contribution in [3.63, 3.8) is 0 Å². The summed E-state index contributed by atoms with van der Waals surface area (Å²) in [6, 6.07) is 11.1. The van der Waals surface area contributed by atoms with Crippen molar-refractivity contribution < 1.29 is 19.1 Å². The number of thiazole rings is 1.